The van der Waals surface area contributed by atoms with E-state index >= 15 is 0 Å². The summed E-state index contributed by atoms with van der Waals surface area (Å²) in [6, 6.07) is 19.5. The zero-order valence-electron chi connectivity index (χ0n) is 18.9. The van der Waals surface area contributed by atoms with E-state index in [0.717, 1.165) is 11.1 Å². The minimum atomic E-state index is -3.21. The molecule has 2 saturated heterocycles. The number of rotatable bonds is 7. The van der Waals surface area contributed by atoms with Crippen molar-refractivity contribution in [3.63, 3.8) is 0 Å². The molecular weight excluding hydrogens is 446 g/mol. The Morgan fingerprint density at radius 2 is 1.06 bits per heavy atom. The number of nitrogens with zero attached hydrogens (tertiary/aromatic N) is 2. The number of hydrogen-bond donors (Lipinski definition) is 2. The van der Waals surface area contributed by atoms with Gasteiger partial charge in [0.05, 0.1) is 0 Å². The van der Waals surface area contributed by atoms with Gasteiger partial charge in [0.15, 0.2) is 0 Å². The van der Waals surface area contributed by atoms with Gasteiger partial charge in [0, 0.05) is 25.2 Å². The van der Waals surface area contributed by atoms with Gasteiger partial charge in [0.1, 0.15) is 12.2 Å². The standard InChI is InChI=1S/C22H32N4O4P2/c1-17-21(19-11-7-5-8-12-19)29-31(27,25(17)3)23-15-16-24-32(28)26(4)18(2)22(30-32)20-13-9-6-10-14-20/h5-14,17-18,21-22H,15-16H2,1-4H3,(H,23,27)(H,24,28)/t17-,18-,21-,22-,31+,32+/m0/s1. The fourth-order valence-corrected chi connectivity index (χ4v) is 8.25. The van der Waals surface area contributed by atoms with Crippen LogP contribution in [-0.2, 0) is 18.2 Å². The van der Waals surface area contributed by atoms with Crippen LogP contribution in [0.5, 0.6) is 0 Å². The lowest BCUT2D eigenvalue weighted by molar-refractivity contribution is 0.207. The molecule has 2 aliphatic heterocycles. The molecule has 174 valence electrons. The molecule has 2 fully saturated rings. The third-order valence-electron chi connectivity index (χ3n) is 6.40. The lowest BCUT2D eigenvalue weighted by atomic mass is 10.0. The maximum absolute atomic E-state index is 13.4. The molecule has 0 aliphatic carbocycles. The van der Waals surface area contributed by atoms with Gasteiger partial charge in [-0.15, -0.1) is 0 Å². The van der Waals surface area contributed by atoms with Crippen LogP contribution in [0.1, 0.15) is 37.2 Å². The van der Waals surface area contributed by atoms with Gasteiger partial charge in [-0.3, -0.25) is 18.2 Å². The molecule has 0 saturated carbocycles. The van der Waals surface area contributed by atoms with Crippen LogP contribution in [0.3, 0.4) is 0 Å². The Hall–Kier alpha value is -1.34. The Balaban J connectivity index is 1.35. The van der Waals surface area contributed by atoms with Gasteiger partial charge in [-0.1, -0.05) is 60.7 Å². The van der Waals surface area contributed by atoms with Crippen molar-refractivity contribution in [3.8, 4) is 0 Å². The van der Waals surface area contributed by atoms with Crippen LogP contribution in [0.4, 0.5) is 0 Å². The fourth-order valence-electron chi connectivity index (χ4n) is 4.16. The van der Waals surface area contributed by atoms with Gasteiger partial charge in [-0.05, 0) is 39.1 Å². The predicted molar refractivity (Wildman–Crippen MR) is 126 cm³/mol. The topological polar surface area (TPSA) is 83.1 Å². The molecule has 0 bridgehead atoms. The lowest BCUT2D eigenvalue weighted by Gasteiger charge is -2.23. The van der Waals surface area contributed by atoms with Crippen LogP contribution in [0.15, 0.2) is 60.7 Å². The molecule has 0 radical (unpaired) electrons. The molecule has 2 aliphatic rings. The van der Waals surface area contributed by atoms with E-state index in [2.05, 4.69) is 10.2 Å². The number of likely N-dealkylation sites (N-methyl/N-ethyl adjacent to an activating group) is 2. The smallest absolute Gasteiger partial charge is 0.296 e. The van der Waals surface area contributed by atoms with E-state index in [9.17, 15) is 9.13 Å². The third-order valence-corrected chi connectivity index (χ3v) is 11.1. The molecule has 6 atom stereocenters. The van der Waals surface area contributed by atoms with Gasteiger partial charge in [-0.25, -0.2) is 19.5 Å². The Morgan fingerprint density at radius 1 is 0.719 bits per heavy atom. The second-order valence-electron chi connectivity index (χ2n) is 8.36. The average Bonchev–Trinajstić information content (AvgIpc) is 3.18. The summed E-state index contributed by atoms with van der Waals surface area (Å²) in [7, 11) is -2.82. The molecule has 4 rings (SSSR count). The van der Waals surface area contributed by atoms with Gasteiger partial charge >= 0.3 is 15.3 Å². The maximum atomic E-state index is 13.4. The van der Waals surface area contributed by atoms with E-state index in [1.165, 1.54) is 0 Å². The van der Waals surface area contributed by atoms with Crippen molar-refractivity contribution in [2.75, 3.05) is 27.2 Å². The fraction of sp³-hybridized carbons (Fsp3) is 0.455. The molecule has 0 spiro atoms. The normalized spacial score (nSPS) is 36.0. The van der Waals surface area contributed by atoms with Crippen LogP contribution in [0.2, 0.25) is 0 Å². The van der Waals surface area contributed by atoms with Crippen molar-refractivity contribution >= 4 is 15.3 Å². The minimum absolute atomic E-state index is 0.0428. The monoisotopic (exact) mass is 478 g/mol. The molecule has 32 heavy (non-hydrogen) atoms. The highest BCUT2D eigenvalue weighted by Crippen LogP contribution is 2.60. The van der Waals surface area contributed by atoms with Crippen molar-refractivity contribution in [1.82, 2.24) is 19.5 Å². The molecule has 2 aromatic carbocycles. The second-order valence-corrected chi connectivity index (χ2v) is 12.8. The SMILES string of the molecule is C[C@H]1[C@@H](c2ccccc2)O[P@](=O)(NCCN[P@@]2(=O)O[C@H](c3ccccc3)[C@H](C)N2C)N1C. The predicted octanol–water partition coefficient (Wildman–Crippen LogP) is 4.57. The zero-order valence-corrected chi connectivity index (χ0v) is 20.7. The molecule has 10 heteroatoms. The first kappa shape index (κ1) is 23.8. The Kier molecular flexibility index (Phi) is 7.06. The molecule has 2 aromatic rings. The summed E-state index contributed by atoms with van der Waals surface area (Å²) in [5, 5.41) is 6.10. The molecular formula is C22H32N4O4P2. The summed E-state index contributed by atoms with van der Waals surface area (Å²) in [4.78, 5) is 0. The van der Waals surface area contributed by atoms with Gasteiger partial charge in [0.25, 0.3) is 0 Å². The Bertz CT molecular complexity index is 928. The van der Waals surface area contributed by atoms with Crippen LogP contribution < -0.4 is 10.2 Å². The number of nitrogens with one attached hydrogen (secondary N) is 2. The van der Waals surface area contributed by atoms with Crippen LogP contribution in [0, 0.1) is 0 Å². The van der Waals surface area contributed by atoms with E-state index in [0.29, 0.717) is 13.1 Å². The van der Waals surface area contributed by atoms with Crippen LogP contribution >= 0.6 is 15.3 Å². The largest absolute Gasteiger partial charge is 0.344 e. The van der Waals surface area contributed by atoms with E-state index < -0.39 is 15.3 Å². The summed E-state index contributed by atoms with van der Waals surface area (Å²) in [5.41, 5.74) is 1.99. The maximum Gasteiger partial charge on any atom is 0.344 e. The highest BCUT2D eigenvalue weighted by atomic mass is 31.2. The highest BCUT2D eigenvalue weighted by Gasteiger charge is 2.48. The summed E-state index contributed by atoms with van der Waals surface area (Å²) < 4.78 is 42.4. The molecule has 8 nitrogen and oxygen atoms in total. The minimum Gasteiger partial charge on any atom is -0.296 e. The van der Waals surface area contributed by atoms with Crippen molar-refractivity contribution in [2.24, 2.45) is 0 Å². The average molecular weight is 478 g/mol. The Morgan fingerprint density at radius 3 is 1.41 bits per heavy atom. The molecule has 0 amide bonds. The van der Waals surface area contributed by atoms with Gasteiger partial charge < -0.3 is 0 Å². The Labute approximate surface area is 190 Å². The second kappa shape index (κ2) is 9.49. The van der Waals surface area contributed by atoms with E-state index in [1.54, 1.807) is 23.4 Å². The van der Waals surface area contributed by atoms with E-state index in [-0.39, 0.29) is 24.3 Å². The summed E-state index contributed by atoms with van der Waals surface area (Å²) in [6.07, 6.45) is -0.551. The van der Waals surface area contributed by atoms with Crippen LogP contribution in [0.25, 0.3) is 0 Å². The molecule has 2 N–H and O–H groups in total. The number of benzene rings is 2. The summed E-state index contributed by atoms with van der Waals surface area (Å²) in [6.45, 7) is 4.65. The third kappa shape index (κ3) is 4.52. The molecule has 0 unspecified atom stereocenters. The molecule has 2 heterocycles. The number of hydrogen-bond acceptors (Lipinski definition) is 4. The van der Waals surface area contributed by atoms with Crippen LogP contribution in [-0.4, -0.2) is 48.6 Å². The quantitative estimate of drug-likeness (QED) is 0.443. The van der Waals surface area contributed by atoms with Crippen molar-refractivity contribution in [2.45, 2.75) is 38.1 Å². The lowest BCUT2D eigenvalue weighted by Crippen LogP contribution is -2.32. The van der Waals surface area contributed by atoms with Gasteiger partial charge in [0.2, 0.25) is 0 Å². The first-order valence-electron chi connectivity index (χ1n) is 10.9. The summed E-state index contributed by atoms with van der Waals surface area (Å²) >= 11 is 0. The first-order chi connectivity index (χ1) is 15.3. The first-order valence-corrected chi connectivity index (χ1v) is 14.0. The molecule has 0 aromatic heterocycles. The van der Waals surface area contributed by atoms with Crippen molar-refractivity contribution in [3.05, 3.63) is 71.8 Å². The van der Waals surface area contributed by atoms with Gasteiger partial charge in [-0.2, -0.15) is 0 Å². The summed E-state index contributed by atoms with van der Waals surface area (Å²) in [5.74, 6) is 0. The zero-order chi connectivity index (χ0) is 22.9. The van der Waals surface area contributed by atoms with E-state index in [1.807, 2.05) is 74.5 Å². The highest BCUT2D eigenvalue weighted by molar-refractivity contribution is 7.55. The van der Waals surface area contributed by atoms with Crippen molar-refractivity contribution in [1.29, 1.82) is 0 Å². The van der Waals surface area contributed by atoms with E-state index in [4.69, 9.17) is 9.05 Å². The van der Waals surface area contributed by atoms with Crippen molar-refractivity contribution < 1.29 is 18.2 Å².